The third-order valence-electron chi connectivity index (χ3n) is 1.55. The van der Waals surface area contributed by atoms with Crippen LogP contribution in [0.5, 0.6) is 5.75 Å². The molecule has 0 aliphatic rings. The Kier molecular flexibility index (Phi) is 3.05. The summed E-state index contributed by atoms with van der Waals surface area (Å²) in [4.78, 5) is 0. The molecule has 1 aromatic rings. The maximum atomic E-state index is 12.9. The van der Waals surface area contributed by atoms with Gasteiger partial charge in [0.1, 0.15) is 11.6 Å². The number of hydrogen-bond acceptors (Lipinski definition) is 2. The highest BCUT2D eigenvalue weighted by atomic mass is 19.1. The molecule has 0 spiro atoms. The highest BCUT2D eigenvalue weighted by Gasteiger charge is 2.01. The maximum Gasteiger partial charge on any atom is 0.127 e. The molecule has 0 atom stereocenters. The van der Waals surface area contributed by atoms with Gasteiger partial charge in [-0.1, -0.05) is 0 Å². The second kappa shape index (κ2) is 4.07. The fraction of sp³-hybridized carbons (Fsp3) is 0.333. The molecule has 0 heterocycles. The Balaban J connectivity index is 2.89. The van der Waals surface area contributed by atoms with Crippen molar-refractivity contribution in [2.75, 3.05) is 6.61 Å². The fourth-order valence-corrected chi connectivity index (χ4v) is 0.964. The summed E-state index contributed by atoms with van der Waals surface area (Å²) >= 11 is 0. The number of rotatable bonds is 3. The van der Waals surface area contributed by atoms with Crippen LogP contribution in [-0.2, 0) is 6.54 Å². The van der Waals surface area contributed by atoms with Crippen LogP contribution < -0.4 is 10.5 Å². The first kappa shape index (κ1) is 9.00. The van der Waals surface area contributed by atoms with Gasteiger partial charge in [0.25, 0.3) is 0 Å². The second-order valence-corrected chi connectivity index (χ2v) is 2.39. The topological polar surface area (TPSA) is 35.2 Å². The van der Waals surface area contributed by atoms with E-state index in [9.17, 15) is 4.39 Å². The van der Waals surface area contributed by atoms with Gasteiger partial charge in [-0.05, 0) is 25.1 Å². The molecule has 0 aliphatic carbocycles. The average Bonchev–Trinajstić information content (AvgIpc) is 2.09. The van der Waals surface area contributed by atoms with Crippen LogP contribution in [-0.4, -0.2) is 6.61 Å². The van der Waals surface area contributed by atoms with E-state index in [2.05, 4.69) is 0 Å². The molecule has 12 heavy (non-hydrogen) atoms. The van der Waals surface area contributed by atoms with E-state index in [1.165, 1.54) is 6.07 Å². The quantitative estimate of drug-likeness (QED) is 0.747. The third-order valence-corrected chi connectivity index (χ3v) is 1.55. The normalized spacial score (nSPS) is 9.92. The second-order valence-electron chi connectivity index (χ2n) is 2.39. The van der Waals surface area contributed by atoms with Crippen molar-refractivity contribution >= 4 is 0 Å². The first-order valence-electron chi connectivity index (χ1n) is 3.89. The van der Waals surface area contributed by atoms with Crippen molar-refractivity contribution < 1.29 is 9.13 Å². The highest BCUT2D eigenvalue weighted by molar-refractivity contribution is 5.29. The van der Waals surface area contributed by atoms with Gasteiger partial charge in [0.05, 0.1) is 6.61 Å². The van der Waals surface area contributed by atoms with Gasteiger partial charge in [-0.15, -0.1) is 0 Å². The molecular formula is C9H12FNO. The summed E-state index contributed by atoms with van der Waals surface area (Å²) in [6, 6.07) is 4.59. The number of hydrogen-bond donors (Lipinski definition) is 1. The minimum absolute atomic E-state index is 0.201. The molecule has 0 aromatic heterocycles. The third kappa shape index (κ3) is 1.95. The van der Waals surface area contributed by atoms with Crippen molar-refractivity contribution in [3.05, 3.63) is 29.6 Å². The maximum absolute atomic E-state index is 12.9. The number of nitrogens with two attached hydrogens (primary N) is 1. The predicted molar refractivity (Wildman–Crippen MR) is 45.5 cm³/mol. The molecule has 1 rings (SSSR count). The molecule has 0 radical (unpaired) electrons. The first-order valence-corrected chi connectivity index (χ1v) is 3.89. The molecule has 0 unspecified atom stereocenters. The molecule has 0 aliphatic heterocycles. The van der Waals surface area contributed by atoms with Crippen molar-refractivity contribution in [3.8, 4) is 5.75 Å². The van der Waals surface area contributed by atoms with Gasteiger partial charge < -0.3 is 10.5 Å². The van der Waals surface area contributed by atoms with Crippen molar-refractivity contribution in [1.82, 2.24) is 0 Å². The Bertz CT molecular complexity index is 263. The van der Waals surface area contributed by atoms with Gasteiger partial charge in [-0.2, -0.15) is 0 Å². The van der Waals surface area contributed by atoms with Gasteiger partial charge >= 0.3 is 0 Å². The van der Waals surface area contributed by atoms with E-state index >= 15 is 0 Å². The van der Waals surface area contributed by atoms with Gasteiger partial charge in [0.2, 0.25) is 0 Å². The van der Waals surface area contributed by atoms with E-state index in [-0.39, 0.29) is 12.4 Å². The van der Waals surface area contributed by atoms with Crippen LogP contribution in [0, 0.1) is 5.82 Å². The highest BCUT2D eigenvalue weighted by Crippen LogP contribution is 2.16. The largest absolute Gasteiger partial charge is 0.494 e. The van der Waals surface area contributed by atoms with Crippen molar-refractivity contribution in [3.63, 3.8) is 0 Å². The molecule has 0 bridgehead atoms. The van der Waals surface area contributed by atoms with Crippen LogP contribution in [0.4, 0.5) is 4.39 Å². The summed E-state index contributed by atoms with van der Waals surface area (Å²) in [5.74, 6) is 0.389. The van der Waals surface area contributed by atoms with Gasteiger partial charge in [0, 0.05) is 12.1 Å². The lowest BCUT2D eigenvalue weighted by molar-refractivity contribution is 0.339. The Labute approximate surface area is 71.1 Å². The Hall–Kier alpha value is -1.09. The lowest BCUT2D eigenvalue weighted by atomic mass is 10.2. The zero-order chi connectivity index (χ0) is 8.97. The van der Waals surface area contributed by atoms with E-state index < -0.39 is 0 Å². The van der Waals surface area contributed by atoms with Crippen LogP contribution in [0.25, 0.3) is 0 Å². The average molecular weight is 169 g/mol. The standard InChI is InChI=1S/C9H12FNO/c1-2-12-8-3-4-9(10)7(5-8)6-11/h3-5H,2,6,11H2,1H3. The summed E-state index contributed by atoms with van der Waals surface area (Å²) in [6.45, 7) is 2.66. The minimum atomic E-state index is -0.277. The molecule has 0 fully saturated rings. The molecule has 0 amide bonds. The van der Waals surface area contributed by atoms with Crippen LogP contribution in [0.15, 0.2) is 18.2 Å². The zero-order valence-electron chi connectivity index (χ0n) is 7.01. The lowest BCUT2D eigenvalue weighted by Gasteiger charge is -2.05. The minimum Gasteiger partial charge on any atom is -0.494 e. The lowest BCUT2D eigenvalue weighted by Crippen LogP contribution is -2.01. The van der Waals surface area contributed by atoms with Crippen LogP contribution in [0.1, 0.15) is 12.5 Å². The molecule has 2 nitrogen and oxygen atoms in total. The van der Waals surface area contributed by atoms with E-state index in [1.54, 1.807) is 12.1 Å². The Morgan fingerprint density at radius 1 is 1.50 bits per heavy atom. The van der Waals surface area contributed by atoms with E-state index in [4.69, 9.17) is 10.5 Å². The van der Waals surface area contributed by atoms with Crippen molar-refractivity contribution in [1.29, 1.82) is 0 Å². The summed E-state index contributed by atoms with van der Waals surface area (Å²) in [6.07, 6.45) is 0. The monoisotopic (exact) mass is 169 g/mol. The molecule has 0 saturated heterocycles. The molecule has 0 saturated carbocycles. The van der Waals surface area contributed by atoms with Crippen molar-refractivity contribution in [2.45, 2.75) is 13.5 Å². The van der Waals surface area contributed by atoms with Crippen LogP contribution in [0.3, 0.4) is 0 Å². The van der Waals surface area contributed by atoms with Gasteiger partial charge in [0.15, 0.2) is 0 Å². The number of ether oxygens (including phenoxy) is 1. The summed E-state index contributed by atoms with van der Waals surface area (Å²) in [7, 11) is 0. The first-order chi connectivity index (χ1) is 5.77. The summed E-state index contributed by atoms with van der Waals surface area (Å²) in [5.41, 5.74) is 5.81. The molecular weight excluding hydrogens is 157 g/mol. The smallest absolute Gasteiger partial charge is 0.127 e. The van der Waals surface area contributed by atoms with E-state index in [1.807, 2.05) is 6.92 Å². The fourth-order valence-electron chi connectivity index (χ4n) is 0.964. The predicted octanol–water partition coefficient (Wildman–Crippen LogP) is 1.68. The van der Waals surface area contributed by atoms with Crippen LogP contribution in [0.2, 0.25) is 0 Å². The van der Waals surface area contributed by atoms with Gasteiger partial charge in [-0.3, -0.25) is 0 Å². The molecule has 2 N–H and O–H groups in total. The van der Waals surface area contributed by atoms with E-state index in [0.29, 0.717) is 17.9 Å². The Morgan fingerprint density at radius 3 is 2.83 bits per heavy atom. The van der Waals surface area contributed by atoms with E-state index in [0.717, 1.165) is 0 Å². The SMILES string of the molecule is CCOc1ccc(F)c(CN)c1. The molecule has 66 valence electrons. The number of halogens is 1. The van der Waals surface area contributed by atoms with Crippen molar-refractivity contribution in [2.24, 2.45) is 5.73 Å². The summed E-state index contributed by atoms with van der Waals surface area (Å²) < 4.78 is 18.1. The molecule has 1 aromatic carbocycles. The van der Waals surface area contributed by atoms with Gasteiger partial charge in [-0.25, -0.2) is 4.39 Å². The van der Waals surface area contributed by atoms with Crippen LogP contribution >= 0.6 is 0 Å². The number of benzene rings is 1. The zero-order valence-corrected chi connectivity index (χ0v) is 7.01. The summed E-state index contributed by atoms with van der Waals surface area (Å²) in [5, 5.41) is 0. The molecule has 3 heteroatoms. The Morgan fingerprint density at radius 2 is 2.25 bits per heavy atom.